The lowest BCUT2D eigenvalue weighted by molar-refractivity contribution is -0.0222. The predicted molar refractivity (Wildman–Crippen MR) is 153 cm³/mol. The smallest absolute Gasteiger partial charge is 0.251 e. The first kappa shape index (κ1) is 27.8. The highest BCUT2D eigenvalue weighted by Gasteiger charge is 2.44. The van der Waals surface area contributed by atoms with Gasteiger partial charge in [0.05, 0.1) is 24.2 Å². The number of aryl methyl sites for hydroxylation is 1. The molecule has 10 nitrogen and oxygen atoms in total. The Balaban J connectivity index is 1.30. The number of hydrogen-bond donors (Lipinski definition) is 2. The van der Waals surface area contributed by atoms with E-state index in [-0.39, 0.29) is 31.7 Å². The molecule has 2 aliphatic heterocycles. The van der Waals surface area contributed by atoms with Gasteiger partial charge < -0.3 is 14.9 Å². The largest absolute Gasteiger partial charge is 0.395 e. The van der Waals surface area contributed by atoms with E-state index in [2.05, 4.69) is 24.7 Å². The molecule has 13 heteroatoms. The summed E-state index contributed by atoms with van der Waals surface area (Å²) in [5.41, 5.74) is 4.30. The van der Waals surface area contributed by atoms with Gasteiger partial charge in [-0.05, 0) is 50.2 Å². The topological polar surface area (TPSA) is 116 Å². The summed E-state index contributed by atoms with van der Waals surface area (Å²) in [6.45, 7) is 3.54. The third-order valence-electron chi connectivity index (χ3n) is 8.49. The van der Waals surface area contributed by atoms with Crippen molar-refractivity contribution in [1.29, 1.82) is 0 Å². The van der Waals surface area contributed by atoms with Crippen LogP contribution >= 0.6 is 0 Å². The van der Waals surface area contributed by atoms with Crippen LogP contribution in [0.4, 0.5) is 26.1 Å². The molecular weight excluding hydrogens is 552 g/mol. The van der Waals surface area contributed by atoms with Crippen molar-refractivity contribution in [3.63, 3.8) is 0 Å². The van der Waals surface area contributed by atoms with E-state index in [1.807, 2.05) is 25.3 Å². The number of alkyl halides is 2. The second-order valence-corrected chi connectivity index (χ2v) is 13.4. The van der Waals surface area contributed by atoms with Crippen molar-refractivity contribution >= 4 is 27.3 Å². The summed E-state index contributed by atoms with van der Waals surface area (Å²) in [4.78, 5) is 13.2. The van der Waals surface area contributed by atoms with E-state index in [9.17, 15) is 17.2 Å². The molecule has 0 radical (unpaired) electrons. The minimum Gasteiger partial charge on any atom is -0.395 e. The second-order valence-electron chi connectivity index (χ2n) is 11.5. The van der Waals surface area contributed by atoms with Crippen molar-refractivity contribution < 1.29 is 22.3 Å². The molecule has 3 aromatic rings. The molecule has 1 aromatic carbocycles. The van der Waals surface area contributed by atoms with E-state index in [1.165, 1.54) is 12.8 Å². The van der Waals surface area contributed by atoms with Crippen LogP contribution in [0.15, 0.2) is 36.7 Å². The minimum atomic E-state index is -3.67. The molecule has 6 rings (SSSR count). The van der Waals surface area contributed by atoms with Crippen molar-refractivity contribution in [3.05, 3.63) is 42.4 Å². The number of nitrogens with zero attached hydrogens (tertiary/aromatic N) is 6. The van der Waals surface area contributed by atoms with Gasteiger partial charge in [0, 0.05) is 73.8 Å². The van der Waals surface area contributed by atoms with Crippen LogP contribution in [0.3, 0.4) is 0 Å². The van der Waals surface area contributed by atoms with Gasteiger partial charge in [-0.2, -0.15) is 10.1 Å². The normalized spacial score (nSPS) is 19.9. The van der Waals surface area contributed by atoms with Gasteiger partial charge >= 0.3 is 0 Å². The van der Waals surface area contributed by atoms with E-state index < -0.39 is 22.6 Å². The molecular formula is C28H35F2N7O3S. The van der Waals surface area contributed by atoms with Gasteiger partial charge in [0.1, 0.15) is 0 Å². The summed E-state index contributed by atoms with van der Waals surface area (Å²) < 4.78 is 56.3. The number of piperidine rings is 2. The Morgan fingerprint density at radius 1 is 0.976 bits per heavy atom. The molecule has 3 aliphatic rings. The zero-order chi connectivity index (χ0) is 28.8. The molecule has 3 fully saturated rings. The molecule has 1 saturated carbocycles. The summed E-state index contributed by atoms with van der Waals surface area (Å²) in [7, 11) is -3.67. The molecule has 0 unspecified atom stereocenters. The summed E-state index contributed by atoms with van der Waals surface area (Å²) in [5.74, 6) is -2.07. The van der Waals surface area contributed by atoms with E-state index in [0.717, 1.165) is 42.7 Å². The average Bonchev–Trinajstić information content (AvgIpc) is 3.48. The van der Waals surface area contributed by atoms with Crippen molar-refractivity contribution in [2.75, 3.05) is 53.1 Å². The van der Waals surface area contributed by atoms with Gasteiger partial charge in [-0.25, -0.2) is 26.9 Å². The van der Waals surface area contributed by atoms with Crippen LogP contribution < -0.4 is 14.5 Å². The van der Waals surface area contributed by atoms with Crippen LogP contribution in [-0.2, 0) is 10.0 Å². The highest BCUT2D eigenvalue weighted by molar-refractivity contribution is 7.92. The summed E-state index contributed by atoms with van der Waals surface area (Å²) in [6, 6.07) is 7.26. The molecule has 1 spiro atoms. The lowest BCUT2D eigenvalue weighted by atomic mass is 9.92. The SMILES string of the molecule is Cc1cc(-n2cc(-c3ccc(NS(=O)(=O)CCO)cc3N3CCC4(CC3)CC4)cn2)nc(N2CCC(F)(F)CC2)n1. The Hall–Kier alpha value is -3.32. The Morgan fingerprint density at radius 3 is 2.37 bits per heavy atom. The maximum Gasteiger partial charge on any atom is 0.251 e. The summed E-state index contributed by atoms with van der Waals surface area (Å²) >= 11 is 0. The first-order valence-corrected chi connectivity index (χ1v) is 15.7. The Bertz CT molecular complexity index is 1520. The number of aliphatic hydroxyl groups is 1. The highest BCUT2D eigenvalue weighted by atomic mass is 32.2. The van der Waals surface area contributed by atoms with Crippen LogP contribution in [0, 0.1) is 12.3 Å². The Kier molecular flexibility index (Phi) is 7.13. The molecule has 0 atom stereocenters. The number of aliphatic hydroxyl groups excluding tert-OH is 1. The number of hydrogen-bond acceptors (Lipinski definition) is 8. The number of nitrogens with one attached hydrogen (secondary N) is 1. The van der Waals surface area contributed by atoms with Crippen molar-refractivity contribution in [3.8, 4) is 16.9 Å². The van der Waals surface area contributed by atoms with Gasteiger partial charge in [-0.3, -0.25) is 4.72 Å². The van der Waals surface area contributed by atoms with Gasteiger partial charge in [0.15, 0.2) is 5.82 Å². The fourth-order valence-electron chi connectivity index (χ4n) is 5.77. The van der Waals surface area contributed by atoms with Gasteiger partial charge in [-0.1, -0.05) is 6.07 Å². The second kappa shape index (κ2) is 10.5. The summed E-state index contributed by atoms with van der Waals surface area (Å²) in [5, 5.41) is 13.7. The Labute approximate surface area is 238 Å². The number of benzene rings is 1. The van der Waals surface area contributed by atoms with Gasteiger partial charge in [-0.15, -0.1) is 0 Å². The van der Waals surface area contributed by atoms with Gasteiger partial charge in [0.2, 0.25) is 16.0 Å². The number of halogens is 2. The third-order valence-corrected chi connectivity index (χ3v) is 9.75. The quantitative estimate of drug-likeness (QED) is 0.407. The standard InChI is InChI=1S/C28H35F2N7O3S/c1-20-16-25(33-26(32-20)36-12-8-28(29,30)9-13-36)37-19-21(18-31-37)23-3-2-22(34-41(39,40)15-14-38)17-24(23)35-10-6-27(4-5-27)7-11-35/h2-3,16-19,34,38H,4-15H2,1H3. The number of sulfonamides is 1. The fourth-order valence-corrected chi connectivity index (χ4v) is 6.60. The molecule has 2 saturated heterocycles. The van der Waals surface area contributed by atoms with Gasteiger partial charge in [0.25, 0.3) is 5.92 Å². The zero-order valence-corrected chi connectivity index (χ0v) is 23.9. The van der Waals surface area contributed by atoms with Crippen LogP contribution in [0.25, 0.3) is 16.9 Å². The first-order chi connectivity index (χ1) is 19.5. The minimum absolute atomic E-state index is 0.190. The number of rotatable bonds is 8. The average molecular weight is 588 g/mol. The monoisotopic (exact) mass is 587 g/mol. The molecule has 0 amide bonds. The van der Waals surface area contributed by atoms with Crippen molar-refractivity contribution in [2.45, 2.75) is 51.4 Å². The van der Waals surface area contributed by atoms with E-state index >= 15 is 0 Å². The van der Waals surface area contributed by atoms with E-state index in [0.29, 0.717) is 28.6 Å². The third kappa shape index (κ3) is 6.15. The number of aromatic nitrogens is 4. The van der Waals surface area contributed by atoms with Crippen LogP contribution in [0.2, 0.25) is 0 Å². The van der Waals surface area contributed by atoms with Crippen LogP contribution in [0.1, 0.15) is 44.2 Å². The molecule has 41 heavy (non-hydrogen) atoms. The molecule has 4 heterocycles. The number of anilines is 3. The van der Waals surface area contributed by atoms with Crippen molar-refractivity contribution in [2.24, 2.45) is 5.41 Å². The lowest BCUT2D eigenvalue weighted by Gasteiger charge is -2.35. The van der Waals surface area contributed by atoms with E-state index in [1.54, 1.807) is 27.9 Å². The molecule has 2 N–H and O–H groups in total. The maximum atomic E-state index is 13.7. The Morgan fingerprint density at radius 2 is 1.68 bits per heavy atom. The first-order valence-electron chi connectivity index (χ1n) is 14.1. The highest BCUT2D eigenvalue weighted by Crippen LogP contribution is 2.54. The van der Waals surface area contributed by atoms with Crippen LogP contribution in [-0.4, -0.2) is 77.7 Å². The predicted octanol–water partition coefficient (Wildman–Crippen LogP) is 3.99. The molecule has 1 aliphatic carbocycles. The molecule has 2 aromatic heterocycles. The zero-order valence-electron chi connectivity index (χ0n) is 23.1. The fraction of sp³-hybridized carbons (Fsp3) is 0.536. The molecule has 0 bridgehead atoms. The van der Waals surface area contributed by atoms with E-state index in [4.69, 9.17) is 5.11 Å². The summed E-state index contributed by atoms with van der Waals surface area (Å²) in [6.07, 6.45) is 7.95. The van der Waals surface area contributed by atoms with Crippen LogP contribution in [0.5, 0.6) is 0 Å². The molecule has 220 valence electrons. The maximum absolute atomic E-state index is 13.7. The van der Waals surface area contributed by atoms with Crippen molar-refractivity contribution in [1.82, 2.24) is 19.7 Å². The lowest BCUT2D eigenvalue weighted by Crippen LogP contribution is -2.40.